The van der Waals surface area contributed by atoms with Gasteiger partial charge in [0.05, 0.1) is 0 Å². The van der Waals surface area contributed by atoms with Crippen molar-refractivity contribution in [3.63, 3.8) is 0 Å². The molecule has 0 heterocycles. The van der Waals surface area contributed by atoms with Crippen LogP contribution in [-0.2, 0) is 0 Å². The molecule has 0 aliphatic rings. The van der Waals surface area contributed by atoms with Crippen LogP contribution in [0.1, 0.15) is 65.0 Å². The van der Waals surface area contributed by atoms with Gasteiger partial charge in [-0.15, -0.1) is 0 Å². The third kappa shape index (κ3) is 4.62. The van der Waals surface area contributed by atoms with Crippen LogP contribution in [0.2, 0.25) is 5.02 Å². The summed E-state index contributed by atoms with van der Waals surface area (Å²) >= 11 is 6.33. The Labute approximate surface area is 135 Å². The molecule has 1 aromatic carbocycles. The fraction of sp³-hybridized carbons (Fsp3) is 0.667. The standard InChI is InChI=1S/C18H30ClNO/c1-8-15(20)17(18(5,6)7)21-16-10-13(11(2)3)14(19)9-12(16)4/h9-11,15,17H,8,20H2,1-7H3. The maximum Gasteiger partial charge on any atom is 0.123 e. The molecule has 0 saturated heterocycles. The van der Waals surface area contributed by atoms with Crippen molar-refractivity contribution in [1.29, 1.82) is 0 Å². The number of aryl methyl sites for hydroxylation is 1. The molecule has 1 rings (SSSR count). The molecule has 0 fully saturated rings. The summed E-state index contributed by atoms with van der Waals surface area (Å²) in [6.07, 6.45) is 0.869. The lowest BCUT2D eigenvalue weighted by molar-refractivity contribution is 0.0615. The first-order valence-electron chi connectivity index (χ1n) is 7.80. The number of hydrogen-bond acceptors (Lipinski definition) is 2. The highest BCUT2D eigenvalue weighted by Crippen LogP contribution is 2.34. The van der Waals surface area contributed by atoms with Gasteiger partial charge >= 0.3 is 0 Å². The summed E-state index contributed by atoms with van der Waals surface area (Å²) < 4.78 is 6.32. The Morgan fingerprint density at radius 3 is 2.24 bits per heavy atom. The fourth-order valence-corrected chi connectivity index (χ4v) is 2.93. The SMILES string of the molecule is CCC(N)C(Oc1cc(C(C)C)c(Cl)cc1C)C(C)(C)C. The van der Waals surface area contributed by atoms with E-state index in [1.54, 1.807) is 0 Å². The van der Waals surface area contributed by atoms with Gasteiger partial charge < -0.3 is 10.5 Å². The van der Waals surface area contributed by atoms with Crippen molar-refractivity contribution < 1.29 is 4.74 Å². The van der Waals surface area contributed by atoms with E-state index in [9.17, 15) is 0 Å². The number of rotatable bonds is 5. The Hall–Kier alpha value is -0.730. The molecule has 0 amide bonds. The van der Waals surface area contributed by atoms with E-state index in [0.29, 0.717) is 5.92 Å². The fourth-order valence-electron chi connectivity index (χ4n) is 2.50. The summed E-state index contributed by atoms with van der Waals surface area (Å²) in [6.45, 7) is 14.9. The monoisotopic (exact) mass is 311 g/mol. The van der Waals surface area contributed by atoms with Crippen LogP contribution in [0.3, 0.4) is 0 Å². The molecule has 3 heteroatoms. The predicted molar refractivity (Wildman–Crippen MR) is 92.4 cm³/mol. The molecule has 0 spiro atoms. The average Bonchev–Trinajstić information content (AvgIpc) is 2.35. The Morgan fingerprint density at radius 2 is 1.81 bits per heavy atom. The van der Waals surface area contributed by atoms with Crippen molar-refractivity contribution in [2.24, 2.45) is 11.1 Å². The minimum absolute atomic E-state index is 0.0144. The molecule has 2 N–H and O–H groups in total. The molecule has 2 unspecified atom stereocenters. The summed E-state index contributed by atoms with van der Waals surface area (Å²) in [5, 5.41) is 0.807. The van der Waals surface area contributed by atoms with E-state index < -0.39 is 0 Å². The first-order chi connectivity index (χ1) is 9.57. The predicted octanol–water partition coefficient (Wildman–Crippen LogP) is 5.30. The molecule has 21 heavy (non-hydrogen) atoms. The van der Waals surface area contributed by atoms with Crippen molar-refractivity contribution in [3.05, 3.63) is 28.3 Å². The minimum atomic E-state index is -0.0256. The van der Waals surface area contributed by atoms with Crippen LogP contribution in [-0.4, -0.2) is 12.1 Å². The molecular weight excluding hydrogens is 282 g/mol. The van der Waals surface area contributed by atoms with Gasteiger partial charge in [0.25, 0.3) is 0 Å². The second-order valence-corrected chi connectivity index (χ2v) is 7.68. The smallest absolute Gasteiger partial charge is 0.123 e. The van der Waals surface area contributed by atoms with Gasteiger partial charge in [-0.1, -0.05) is 53.1 Å². The number of hydrogen-bond donors (Lipinski definition) is 1. The second-order valence-electron chi connectivity index (χ2n) is 7.27. The number of halogens is 1. The largest absolute Gasteiger partial charge is 0.488 e. The summed E-state index contributed by atoms with van der Waals surface area (Å²) in [5.41, 5.74) is 8.44. The van der Waals surface area contributed by atoms with Gasteiger partial charge in [0.2, 0.25) is 0 Å². The van der Waals surface area contributed by atoms with Gasteiger partial charge in [-0.05, 0) is 42.5 Å². The average molecular weight is 312 g/mol. The van der Waals surface area contributed by atoms with E-state index in [4.69, 9.17) is 22.1 Å². The van der Waals surface area contributed by atoms with E-state index in [1.165, 1.54) is 0 Å². The molecule has 0 aliphatic heterocycles. The van der Waals surface area contributed by atoms with Crippen LogP contribution in [0.4, 0.5) is 0 Å². The molecular formula is C18H30ClNO. The van der Waals surface area contributed by atoms with Crippen molar-refractivity contribution in [1.82, 2.24) is 0 Å². The van der Waals surface area contributed by atoms with Gasteiger partial charge in [0.1, 0.15) is 11.9 Å². The van der Waals surface area contributed by atoms with E-state index in [-0.39, 0.29) is 17.6 Å². The quantitative estimate of drug-likeness (QED) is 0.800. The summed E-state index contributed by atoms with van der Waals surface area (Å²) in [5.74, 6) is 1.26. The summed E-state index contributed by atoms with van der Waals surface area (Å²) in [6, 6.07) is 4.08. The third-order valence-electron chi connectivity index (χ3n) is 3.88. The van der Waals surface area contributed by atoms with Crippen molar-refractivity contribution in [2.75, 3.05) is 0 Å². The van der Waals surface area contributed by atoms with Crippen LogP contribution in [0, 0.1) is 12.3 Å². The lowest BCUT2D eigenvalue weighted by Crippen LogP contribution is -2.47. The van der Waals surface area contributed by atoms with E-state index in [0.717, 1.165) is 28.3 Å². The first-order valence-corrected chi connectivity index (χ1v) is 8.18. The van der Waals surface area contributed by atoms with Gasteiger partial charge in [-0.25, -0.2) is 0 Å². The molecule has 0 aromatic heterocycles. The number of nitrogens with two attached hydrogens (primary N) is 1. The lowest BCUT2D eigenvalue weighted by atomic mass is 9.84. The van der Waals surface area contributed by atoms with E-state index in [2.05, 4.69) is 47.6 Å². The molecule has 1 aromatic rings. The van der Waals surface area contributed by atoms with Crippen LogP contribution in [0.25, 0.3) is 0 Å². The molecule has 2 atom stereocenters. The lowest BCUT2D eigenvalue weighted by Gasteiger charge is -2.35. The molecule has 0 aliphatic carbocycles. The normalized spacial score (nSPS) is 15.1. The van der Waals surface area contributed by atoms with Crippen LogP contribution < -0.4 is 10.5 Å². The summed E-state index contributed by atoms with van der Waals surface area (Å²) in [7, 11) is 0. The summed E-state index contributed by atoms with van der Waals surface area (Å²) in [4.78, 5) is 0. The molecule has 0 bridgehead atoms. The van der Waals surface area contributed by atoms with Gasteiger partial charge in [-0.2, -0.15) is 0 Å². The number of benzene rings is 1. The molecule has 0 saturated carbocycles. The van der Waals surface area contributed by atoms with Gasteiger partial charge in [-0.3, -0.25) is 0 Å². The number of ether oxygens (including phenoxy) is 1. The van der Waals surface area contributed by atoms with E-state index >= 15 is 0 Å². The minimum Gasteiger partial charge on any atom is -0.488 e. The van der Waals surface area contributed by atoms with Gasteiger partial charge in [0, 0.05) is 16.5 Å². The topological polar surface area (TPSA) is 35.2 Å². The van der Waals surface area contributed by atoms with Gasteiger partial charge in [0.15, 0.2) is 0 Å². The molecule has 0 radical (unpaired) electrons. The van der Waals surface area contributed by atoms with Crippen LogP contribution in [0.15, 0.2) is 12.1 Å². The van der Waals surface area contributed by atoms with Crippen LogP contribution >= 0.6 is 11.6 Å². The Bertz CT molecular complexity index is 477. The van der Waals surface area contributed by atoms with Crippen LogP contribution in [0.5, 0.6) is 5.75 Å². The second kappa shape index (κ2) is 7.02. The zero-order valence-electron chi connectivity index (χ0n) is 14.5. The Kier molecular flexibility index (Phi) is 6.12. The highest BCUT2D eigenvalue weighted by Gasteiger charge is 2.32. The highest BCUT2D eigenvalue weighted by atomic mass is 35.5. The maximum absolute atomic E-state index is 6.33. The van der Waals surface area contributed by atoms with Crippen molar-refractivity contribution in [3.8, 4) is 5.75 Å². The Balaban J connectivity index is 3.18. The zero-order valence-corrected chi connectivity index (χ0v) is 15.2. The highest BCUT2D eigenvalue weighted by molar-refractivity contribution is 6.31. The zero-order chi connectivity index (χ0) is 16.4. The molecule has 120 valence electrons. The molecule has 2 nitrogen and oxygen atoms in total. The van der Waals surface area contributed by atoms with E-state index in [1.807, 2.05) is 13.0 Å². The maximum atomic E-state index is 6.33. The Morgan fingerprint density at radius 1 is 1.24 bits per heavy atom. The van der Waals surface area contributed by atoms with Crippen molar-refractivity contribution >= 4 is 11.6 Å². The third-order valence-corrected chi connectivity index (χ3v) is 4.21. The van der Waals surface area contributed by atoms with Crippen molar-refractivity contribution in [2.45, 2.75) is 73.0 Å². The first kappa shape index (κ1) is 18.3.